The van der Waals surface area contributed by atoms with Gasteiger partial charge in [-0.3, -0.25) is 14.5 Å². The number of alkyl carbamates (subject to hydrolysis) is 1. The Labute approximate surface area is 288 Å². The summed E-state index contributed by atoms with van der Waals surface area (Å²) >= 11 is 0. The highest BCUT2D eigenvalue weighted by Crippen LogP contribution is 2.36. The highest BCUT2D eigenvalue weighted by Gasteiger charge is 2.52. The number of carbonyl (C=O) groups is 4. The van der Waals surface area contributed by atoms with E-state index in [1.807, 2.05) is 91.0 Å². The summed E-state index contributed by atoms with van der Waals surface area (Å²) in [4.78, 5) is 58.8. The van der Waals surface area contributed by atoms with E-state index in [9.17, 15) is 19.2 Å². The monoisotopic (exact) mass is 669 g/mol. The summed E-state index contributed by atoms with van der Waals surface area (Å²) in [6.07, 6.45) is -0.238. The number of ether oxygens (including phenoxy) is 2. The van der Waals surface area contributed by atoms with Gasteiger partial charge in [0.2, 0.25) is 11.9 Å². The van der Waals surface area contributed by atoms with Gasteiger partial charge in [-0.25, -0.2) is 9.59 Å². The van der Waals surface area contributed by atoms with Crippen molar-refractivity contribution >= 4 is 30.0 Å². The van der Waals surface area contributed by atoms with Crippen molar-refractivity contribution in [3.8, 4) is 0 Å². The van der Waals surface area contributed by atoms with Gasteiger partial charge in [0.05, 0.1) is 0 Å². The van der Waals surface area contributed by atoms with E-state index in [0.717, 1.165) is 5.56 Å². The largest absolute Gasteiger partial charge is 0.444 e. The Hall–Kier alpha value is -5.19. The maximum atomic E-state index is 14.5. The summed E-state index contributed by atoms with van der Waals surface area (Å²) < 4.78 is 10.9. The van der Waals surface area contributed by atoms with Crippen molar-refractivity contribution < 1.29 is 28.7 Å². The molecular weight excluding hydrogens is 622 g/mol. The molecule has 3 aromatic carbocycles. The van der Waals surface area contributed by atoms with E-state index in [4.69, 9.17) is 9.47 Å². The van der Waals surface area contributed by atoms with Gasteiger partial charge in [0, 0.05) is 19.5 Å². The molecule has 1 aliphatic rings. The van der Waals surface area contributed by atoms with Crippen molar-refractivity contribution in [1.29, 1.82) is 0 Å². The topological polar surface area (TPSA) is 138 Å². The fourth-order valence-corrected chi connectivity index (χ4v) is 5.43. The zero-order valence-corrected chi connectivity index (χ0v) is 29.1. The number of nitrogens with one attached hydrogen (secondary N) is 3. The van der Waals surface area contributed by atoms with Crippen LogP contribution in [0.2, 0.25) is 0 Å². The molecule has 49 heavy (non-hydrogen) atoms. The third kappa shape index (κ3) is 10.2. The first-order chi connectivity index (χ1) is 23.2. The quantitative estimate of drug-likeness (QED) is 0.223. The number of aliphatic imine (C=N–C) groups is 1. The molecule has 0 aliphatic carbocycles. The smallest absolute Gasteiger partial charge is 0.437 e. The summed E-state index contributed by atoms with van der Waals surface area (Å²) in [5, 5.41) is 8.90. The Balaban J connectivity index is 1.49. The van der Waals surface area contributed by atoms with Crippen LogP contribution < -0.4 is 16.0 Å². The van der Waals surface area contributed by atoms with Crippen molar-refractivity contribution in [3.63, 3.8) is 0 Å². The molecule has 4 amide bonds. The van der Waals surface area contributed by atoms with Crippen molar-refractivity contribution in [1.82, 2.24) is 20.9 Å². The second kappa shape index (κ2) is 15.8. The maximum absolute atomic E-state index is 14.5. The Kier molecular flexibility index (Phi) is 11.8. The lowest BCUT2D eigenvalue weighted by atomic mass is 9.82. The molecule has 0 radical (unpaired) electrons. The molecule has 0 aromatic heterocycles. The Morgan fingerprint density at radius 3 is 1.86 bits per heavy atom. The van der Waals surface area contributed by atoms with E-state index < -0.39 is 35.0 Å². The molecule has 1 aliphatic heterocycles. The van der Waals surface area contributed by atoms with Gasteiger partial charge in [-0.15, -0.1) is 4.99 Å². The van der Waals surface area contributed by atoms with E-state index in [-0.39, 0.29) is 37.3 Å². The highest BCUT2D eigenvalue weighted by atomic mass is 16.6. The molecule has 1 heterocycles. The summed E-state index contributed by atoms with van der Waals surface area (Å²) in [6.45, 7) is 11.0. The SMILES string of the molecule is CC(C)(C)OC(=O)/N=C1\NC(c2ccccc2)(c2ccccc2)C(=O)N1CCCCNC(=O)[C@H](Cc1ccccc1)NC(=O)OC(C)(C)C. The van der Waals surface area contributed by atoms with Crippen LogP contribution in [0.15, 0.2) is 96.0 Å². The van der Waals surface area contributed by atoms with Gasteiger partial charge in [0.25, 0.3) is 5.91 Å². The van der Waals surface area contributed by atoms with Crippen LogP contribution in [0.5, 0.6) is 0 Å². The second-order valence-electron chi connectivity index (χ2n) is 13.9. The molecule has 0 unspecified atom stereocenters. The standard InChI is InChI=1S/C38H47N5O6/c1-36(2,3)48-34(46)40-30(26-27-18-10-7-11-19-27)31(44)39-24-16-17-25-43-32(45)38(28-20-12-8-13-21-28,29-22-14-9-15-23-29)42-33(43)41-35(47)49-37(4,5)6/h7-15,18-23,30H,16-17,24-26H2,1-6H3,(H,39,44)(H,40,46)(H,41,42,47)/t30-/m0/s1. The molecule has 11 heteroatoms. The number of benzene rings is 3. The molecular formula is C38H47N5O6. The van der Waals surface area contributed by atoms with Crippen LogP contribution >= 0.6 is 0 Å². The van der Waals surface area contributed by atoms with Crippen molar-refractivity contribution in [2.24, 2.45) is 4.99 Å². The first-order valence-electron chi connectivity index (χ1n) is 16.5. The average molecular weight is 670 g/mol. The Morgan fingerprint density at radius 2 is 1.33 bits per heavy atom. The van der Waals surface area contributed by atoms with Crippen molar-refractivity contribution in [3.05, 3.63) is 108 Å². The number of guanidine groups is 1. The van der Waals surface area contributed by atoms with Crippen molar-refractivity contribution in [2.45, 2.75) is 83.6 Å². The van der Waals surface area contributed by atoms with E-state index >= 15 is 0 Å². The Bertz CT molecular complexity index is 1580. The van der Waals surface area contributed by atoms with Gasteiger partial charge < -0.3 is 25.4 Å². The molecule has 1 fully saturated rings. The van der Waals surface area contributed by atoms with Crippen LogP contribution in [0.3, 0.4) is 0 Å². The van der Waals surface area contributed by atoms with Crippen LogP contribution in [0, 0.1) is 0 Å². The third-order valence-corrected chi connectivity index (χ3v) is 7.52. The zero-order chi connectivity index (χ0) is 35.7. The van der Waals surface area contributed by atoms with Crippen LogP contribution in [0.1, 0.15) is 71.1 Å². The van der Waals surface area contributed by atoms with Crippen LogP contribution in [0.4, 0.5) is 9.59 Å². The van der Waals surface area contributed by atoms with Gasteiger partial charge in [-0.05, 0) is 71.1 Å². The van der Waals surface area contributed by atoms with Gasteiger partial charge in [-0.2, -0.15) is 0 Å². The highest BCUT2D eigenvalue weighted by molar-refractivity contribution is 6.13. The number of unbranched alkanes of at least 4 members (excludes halogenated alkanes) is 1. The molecule has 1 atom stereocenters. The molecule has 260 valence electrons. The molecule has 11 nitrogen and oxygen atoms in total. The lowest BCUT2D eigenvalue weighted by Crippen LogP contribution is -2.49. The number of rotatable bonds is 11. The number of nitrogens with zero attached hydrogens (tertiary/aromatic N) is 2. The van der Waals surface area contributed by atoms with Gasteiger partial charge in [-0.1, -0.05) is 91.0 Å². The maximum Gasteiger partial charge on any atom is 0.437 e. The molecule has 0 spiro atoms. The molecule has 3 aromatic rings. The fraction of sp³-hybridized carbons (Fsp3) is 0.395. The van der Waals surface area contributed by atoms with Crippen LogP contribution in [0.25, 0.3) is 0 Å². The number of hydrogen-bond donors (Lipinski definition) is 3. The minimum Gasteiger partial charge on any atom is -0.444 e. The van der Waals surface area contributed by atoms with Gasteiger partial charge in [0.1, 0.15) is 17.2 Å². The van der Waals surface area contributed by atoms with E-state index in [1.165, 1.54) is 4.90 Å². The van der Waals surface area contributed by atoms with Crippen LogP contribution in [-0.4, -0.2) is 65.2 Å². The fourth-order valence-electron chi connectivity index (χ4n) is 5.43. The first-order valence-corrected chi connectivity index (χ1v) is 16.5. The summed E-state index contributed by atoms with van der Waals surface area (Å²) in [5.74, 6) is -0.561. The minimum atomic E-state index is -1.32. The lowest BCUT2D eigenvalue weighted by Gasteiger charge is -2.28. The van der Waals surface area contributed by atoms with E-state index in [1.54, 1.807) is 41.5 Å². The molecule has 0 saturated carbocycles. The molecule has 0 bridgehead atoms. The third-order valence-electron chi connectivity index (χ3n) is 7.52. The molecule has 1 saturated heterocycles. The predicted octanol–water partition coefficient (Wildman–Crippen LogP) is 5.69. The summed E-state index contributed by atoms with van der Waals surface area (Å²) in [6, 6.07) is 27.2. The lowest BCUT2D eigenvalue weighted by molar-refractivity contribution is -0.130. The predicted molar refractivity (Wildman–Crippen MR) is 188 cm³/mol. The summed E-state index contributed by atoms with van der Waals surface area (Å²) in [7, 11) is 0. The average Bonchev–Trinajstić information content (AvgIpc) is 3.31. The van der Waals surface area contributed by atoms with Crippen molar-refractivity contribution in [2.75, 3.05) is 13.1 Å². The van der Waals surface area contributed by atoms with Crippen LogP contribution in [-0.2, 0) is 31.0 Å². The first kappa shape index (κ1) is 36.6. The summed E-state index contributed by atoms with van der Waals surface area (Å²) in [5.41, 5.74) is -0.547. The normalized spacial score (nSPS) is 15.7. The number of amides is 4. The molecule has 3 N–H and O–H groups in total. The minimum absolute atomic E-state index is 0.0838. The Morgan fingerprint density at radius 1 is 0.796 bits per heavy atom. The number of hydrogen-bond acceptors (Lipinski definition) is 6. The van der Waals surface area contributed by atoms with Gasteiger partial charge in [0.15, 0.2) is 5.54 Å². The number of carbonyl (C=O) groups excluding carboxylic acids is 4. The van der Waals surface area contributed by atoms with Gasteiger partial charge >= 0.3 is 12.2 Å². The zero-order valence-electron chi connectivity index (χ0n) is 29.1. The van der Waals surface area contributed by atoms with E-state index in [0.29, 0.717) is 24.0 Å². The molecule has 4 rings (SSSR count). The van der Waals surface area contributed by atoms with E-state index in [2.05, 4.69) is 20.9 Å². The second-order valence-corrected chi connectivity index (χ2v) is 13.9.